The van der Waals surface area contributed by atoms with Crippen molar-refractivity contribution in [1.29, 1.82) is 0 Å². The summed E-state index contributed by atoms with van der Waals surface area (Å²) in [6.45, 7) is 6.03. The summed E-state index contributed by atoms with van der Waals surface area (Å²) in [6, 6.07) is 38.2. The monoisotopic (exact) mass is 624 g/mol. The highest BCUT2D eigenvalue weighted by molar-refractivity contribution is 5.84. The molecule has 2 N–H and O–H groups in total. The number of methoxy groups -OCH3 is 1. The van der Waals surface area contributed by atoms with Crippen molar-refractivity contribution >= 4 is 16.8 Å². The van der Waals surface area contributed by atoms with E-state index in [-0.39, 0.29) is 24.4 Å². The van der Waals surface area contributed by atoms with E-state index in [1.165, 1.54) is 0 Å². The van der Waals surface area contributed by atoms with E-state index in [4.69, 9.17) is 4.74 Å². The van der Waals surface area contributed by atoms with Crippen LogP contribution >= 0.6 is 0 Å². The number of carbonyl (C=O) groups excluding carboxylic acids is 1. The molecule has 5 atom stereocenters. The number of benzene rings is 4. The van der Waals surface area contributed by atoms with Gasteiger partial charge in [-0.2, -0.15) is 0 Å². The van der Waals surface area contributed by atoms with Crippen LogP contribution in [0.2, 0.25) is 0 Å². The van der Waals surface area contributed by atoms with Crippen LogP contribution in [-0.4, -0.2) is 53.3 Å². The van der Waals surface area contributed by atoms with Crippen LogP contribution in [0.3, 0.4) is 0 Å². The fraction of sp³-hybridized carbons (Fsp3) is 0.268. The van der Waals surface area contributed by atoms with Crippen LogP contribution in [0.1, 0.15) is 41.2 Å². The molecule has 5 aromatic rings. The molecule has 0 spiro atoms. The Kier molecular flexibility index (Phi) is 8.39. The first-order chi connectivity index (χ1) is 23.0. The molecule has 3 fully saturated rings. The highest BCUT2D eigenvalue weighted by Crippen LogP contribution is 2.47. The first kappa shape index (κ1) is 30.9. The number of carbonyl (C=O) groups is 1. The third-order valence-electron chi connectivity index (χ3n) is 10.7. The van der Waals surface area contributed by atoms with Crippen LogP contribution < -0.4 is 10.1 Å². The van der Waals surface area contributed by atoms with E-state index in [0.717, 1.165) is 64.8 Å². The molecule has 0 radical (unpaired) electrons. The van der Waals surface area contributed by atoms with Crippen molar-refractivity contribution in [2.24, 2.45) is 11.8 Å². The molecular formula is C41H42N3O3+. The summed E-state index contributed by atoms with van der Waals surface area (Å²) in [6.07, 6.45) is 4.86. The second-order valence-electron chi connectivity index (χ2n) is 13.2. The number of pyridine rings is 1. The maximum atomic E-state index is 14.8. The molecule has 1 aromatic heterocycles. The zero-order valence-corrected chi connectivity index (χ0v) is 26.8. The highest BCUT2D eigenvalue weighted by atomic mass is 16.5. The van der Waals surface area contributed by atoms with Crippen LogP contribution in [0.5, 0.6) is 5.75 Å². The number of quaternary nitrogens is 1. The molecule has 47 heavy (non-hydrogen) atoms. The summed E-state index contributed by atoms with van der Waals surface area (Å²) < 4.78 is 6.03. The van der Waals surface area contributed by atoms with E-state index in [9.17, 15) is 9.90 Å². The van der Waals surface area contributed by atoms with Gasteiger partial charge >= 0.3 is 0 Å². The van der Waals surface area contributed by atoms with Crippen molar-refractivity contribution in [1.82, 2.24) is 10.3 Å². The maximum Gasteiger partial charge on any atom is 0.276 e. The lowest BCUT2D eigenvalue weighted by atomic mass is 9.71. The average Bonchev–Trinajstić information content (AvgIpc) is 3.14. The molecule has 1 amide bonds. The molecule has 3 aliphatic rings. The summed E-state index contributed by atoms with van der Waals surface area (Å²) in [5.41, 5.74) is 3.69. The molecular weight excluding hydrogens is 582 g/mol. The Balaban J connectivity index is 1.30. The molecule has 238 valence electrons. The zero-order valence-electron chi connectivity index (χ0n) is 26.8. The quantitative estimate of drug-likeness (QED) is 0.102. The standard InChI is InChI=1S/C41H41N3O3/c1-3-29-27-44(24-22-30(29)25-38(44)40(46)35-21-23-42-37-20-19-34(47-2)26-36(35)37)28-39(45)43-41(31-13-7-4-8-14-31,32-15-9-5-10-16-32)33-17-11-6-12-18-33/h3-21,23,26,29-30,38,40,46H,1,22,24-25,27-28H2,2H3/p+1/t29-,30-,38+,40-,44-/m0/s1. The van der Waals surface area contributed by atoms with Gasteiger partial charge in [0.1, 0.15) is 23.4 Å². The Morgan fingerprint density at radius 1 is 0.979 bits per heavy atom. The molecule has 6 heteroatoms. The Bertz CT molecular complexity index is 1770. The molecule has 3 aliphatic heterocycles. The smallest absolute Gasteiger partial charge is 0.276 e. The number of fused-ring (bicyclic) bond motifs is 4. The number of aliphatic hydroxyl groups is 1. The van der Waals surface area contributed by atoms with Gasteiger partial charge in [-0.3, -0.25) is 9.78 Å². The van der Waals surface area contributed by atoms with Crippen molar-refractivity contribution < 1.29 is 19.1 Å². The fourth-order valence-corrected chi connectivity index (χ4v) is 8.44. The third-order valence-corrected chi connectivity index (χ3v) is 10.7. The van der Waals surface area contributed by atoms with E-state index in [1.54, 1.807) is 13.3 Å². The lowest BCUT2D eigenvalue weighted by Crippen LogP contribution is -2.70. The molecule has 0 aliphatic carbocycles. The Morgan fingerprint density at radius 3 is 2.17 bits per heavy atom. The first-order valence-electron chi connectivity index (χ1n) is 16.5. The number of piperidine rings is 3. The number of nitrogens with zero attached hydrogens (tertiary/aromatic N) is 2. The minimum atomic E-state index is -0.906. The normalized spacial score (nSPS) is 22.8. The van der Waals surface area contributed by atoms with Gasteiger partial charge < -0.3 is 19.6 Å². The van der Waals surface area contributed by atoms with E-state index >= 15 is 0 Å². The van der Waals surface area contributed by atoms with Gasteiger partial charge in [-0.25, -0.2) is 0 Å². The maximum absolute atomic E-state index is 14.8. The van der Waals surface area contributed by atoms with Crippen molar-refractivity contribution in [2.75, 3.05) is 26.7 Å². The summed E-state index contributed by atoms with van der Waals surface area (Å²) in [4.78, 5) is 19.3. The van der Waals surface area contributed by atoms with E-state index < -0.39 is 11.6 Å². The van der Waals surface area contributed by atoms with Gasteiger partial charge in [0.05, 0.1) is 25.7 Å². The number of amides is 1. The van der Waals surface area contributed by atoms with Crippen molar-refractivity contribution in [2.45, 2.75) is 30.5 Å². The predicted octanol–water partition coefficient (Wildman–Crippen LogP) is 6.80. The number of aliphatic hydroxyl groups excluding tert-OH is 1. The van der Waals surface area contributed by atoms with Gasteiger partial charge in [0.25, 0.3) is 5.91 Å². The van der Waals surface area contributed by atoms with Crippen molar-refractivity contribution in [3.8, 4) is 5.75 Å². The van der Waals surface area contributed by atoms with Gasteiger partial charge in [0.2, 0.25) is 0 Å². The van der Waals surface area contributed by atoms with Gasteiger partial charge in [-0.1, -0.05) is 97.1 Å². The fourth-order valence-electron chi connectivity index (χ4n) is 8.44. The predicted molar refractivity (Wildman–Crippen MR) is 186 cm³/mol. The summed E-state index contributed by atoms with van der Waals surface area (Å²) in [5.74, 6) is 1.38. The van der Waals surface area contributed by atoms with Gasteiger partial charge in [0, 0.05) is 30.3 Å². The third kappa shape index (κ3) is 5.52. The van der Waals surface area contributed by atoms with Gasteiger partial charge in [-0.15, -0.1) is 6.58 Å². The van der Waals surface area contributed by atoms with Crippen LogP contribution in [-0.2, 0) is 10.3 Å². The molecule has 8 rings (SSSR count). The number of ether oxygens (including phenoxy) is 1. The molecule has 3 saturated heterocycles. The second-order valence-corrected chi connectivity index (χ2v) is 13.2. The second kappa shape index (κ2) is 12.8. The van der Waals surface area contributed by atoms with Gasteiger partial charge in [-0.05, 0) is 52.4 Å². The largest absolute Gasteiger partial charge is 0.497 e. The minimum Gasteiger partial charge on any atom is -0.497 e. The lowest BCUT2D eigenvalue weighted by Gasteiger charge is -2.57. The molecule has 4 aromatic carbocycles. The summed E-state index contributed by atoms with van der Waals surface area (Å²) in [5, 5.41) is 16.8. The molecule has 6 nitrogen and oxygen atoms in total. The molecule has 0 saturated carbocycles. The Morgan fingerprint density at radius 2 is 1.60 bits per heavy atom. The van der Waals surface area contributed by atoms with E-state index in [2.05, 4.69) is 59.4 Å². The Labute approximate surface area is 277 Å². The van der Waals surface area contributed by atoms with E-state index in [0.29, 0.717) is 10.4 Å². The van der Waals surface area contributed by atoms with E-state index in [1.807, 2.05) is 78.9 Å². The van der Waals surface area contributed by atoms with Crippen molar-refractivity contribution in [3.63, 3.8) is 0 Å². The van der Waals surface area contributed by atoms with Crippen LogP contribution in [0.25, 0.3) is 10.9 Å². The number of nitrogens with one attached hydrogen (secondary N) is 1. The van der Waals surface area contributed by atoms with Crippen LogP contribution in [0.4, 0.5) is 0 Å². The van der Waals surface area contributed by atoms with Gasteiger partial charge in [0.15, 0.2) is 6.54 Å². The van der Waals surface area contributed by atoms with Crippen LogP contribution in [0, 0.1) is 11.8 Å². The SMILES string of the molecule is C=C[C@H]1C[N@+]2(CC(=O)NC(c3ccccc3)(c3ccccc3)c3ccccc3)CC[C@H]1C[C@@H]2[C@@H](O)c1ccnc2ccc(OC)cc12. The topological polar surface area (TPSA) is 71.5 Å². The molecule has 2 bridgehead atoms. The molecule has 0 unspecified atom stereocenters. The first-order valence-corrected chi connectivity index (χ1v) is 16.5. The Hall–Kier alpha value is -4.78. The lowest BCUT2D eigenvalue weighted by molar-refractivity contribution is -0.966. The molecule has 4 heterocycles. The number of hydrogen-bond donors (Lipinski definition) is 2. The minimum absolute atomic E-state index is 0.0526. The number of hydrogen-bond acceptors (Lipinski definition) is 4. The average molecular weight is 625 g/mol. The van der Waals surface area contributed by atoms with Crippen molar-refractivity contribution in [3.05, 3.63) is 156 Å². The number of rotatable bonds is 10. The highest BCUT2D eigenvalue weighted by Gasteiger charge is 2.55. The van der Waals surface area contributed by atoms with Crippen LogP contribution in [0.15, 0.2) is 134 Å². The summed E-state index contributed by atoms with van der Waals surface area (Å²) in [7, 11) is 1.65. The number of aromatic nitrogens is 1. The zero-order chi connectivity index (χ0) is 32.4. The summed E-state index contributed by atoms with van der Waals surface area (Å²) >= 11 is 0.